The largest absolute Gasteiger partial charge is 0.309 e. The van der Waals surface area contributed by atoms with Crippen LogP contribution in [0, 0.1) is 0 Å². The number of hydrogen-bond donors (Lipinski definition) is 1. The van der Waals surface area contributed by atoms with Crippen LogP contribution < -0.4 is 5.32 Å². The van der Waals surface area contributed by atoms with E-state index >= 15 is 0 Å². The molecule has 0 aliphatic heterocycles. The number of fused-ring (bicyclic) bond motifs is 1. The molecular weight excluding hydrogens is 234 g/mol. The Morgan fingerprint density at radius 1 is 1.53 bits per heavy atom. The summed E-state index contributed by atoms with van der Waals surface area (Å²) in [7, 11) is -0.754. The van der Waals surface area contributed by atoms with E-state index in [0.717, 1.165) is 12.1 Å². The maximum Gasteiger partial charge on any atom is 0.0706 e. The summed E-state index contributed by atoms with van der Waals surface area (Å²) >= 11 is 0. The summed E-state index contributed by atoms with van der Waals surface area (Å²) in [4.78, 5) is 0. The summed E-state index contributed by atoms with van der Waals surface area (Å²) in [5.41, 5.74) is 2.28. The van der Waals surface area contributed by atoms with E-state index in [1.807, 2.05) is 42.0 Å². The maximum atomic E-state index is 11.1. The summed E-state index contributed by atoms with van der Waals surface area (Å²) in [6.07, 6.45) is 5.54. The van der Waals surface area contributed by atoms with E-state index in [1.165, 1.54) is 5.56 Å². The van der Waals surface area contributed by atoms with E-state index < -0.39 is 10.8 Å². The van der Waals surface area contributed by atoms with Crippen LogP contribution >= 0.6 is 0 Å². The summed E-state index contributed by atoms with van der Waals surface area (Å²) in [5, 5.41) is 7.64. The van der Waals surface area contributed by atoms with E-state index in [4.69, 9.17) is 0 Å². The molecule has 4 nitrogen and oxygen atoms in total. The first kappa shape index (κ1) is 12.3. The van der Waals surface area contributed by atoms with Crippen molar-refractivity contribution < 1.29 is 4.21 Å². The Hall–Kier alpha value is -1.20. The summed E-state index contributed by atoms with van der Waals surface area (Å²) in [6, 6.07) is 6.26. The Labute approximate surface area is 103 Å². The van der Waals surface area contributed by atoms with Gasteiger partial charge < -0.3 is 5.32 Å². The van der Waals surface area contributed by atoms with Crippen molar-refractivity contribution in [2.45, 2.75) is 19.5 Å². The minimum atomic E-state index is -0.754. The molecule has 0 fully saturated rings. The number of nitrogens with one attached hydrogen (secondary N) is 1. The Morgan fingerprint density at radius 2 is 2.35 bits per heavy atom. The summed E-state index contributed by atoms with van der Waals surface area (Å²) in [5.74, 6) is 0.680. The minimum Gasteiger partial charge on any atom is -0.309 e. The standard InChI is InChI=1S/C12H17N3OS/c1-10(9-17(2)16)13-7-11-8-14-15-6-4-3-5-12(11)15/h3-6,8,10,13H,7,9H2,1-2H3. The monoisotopic (exact) mass is 251 g/mol. The molecule has 2 atom stereocenters. The summed E-state index contributed by atoms with van der Waals surface area (Å²) < 4.78 is 12.9. The highest BCUT2D eigenvalue weighted by atomic mass is 32.2. The van der Waals surface area contributed by atoms with Gasteiger partial charge in [-0.2, -0.15) is 5.10 Å². The second-order valence-corrected chi connectivity index (χ2v) is 5.70. The molecule has 0 amide bonds. The van der Waals surface area contributed by atoms with Gasteiger partial charge in [-0.3, -0.25) is 4.21 Å². The smallest absolute Gasteiger partial charge is 0.0706 e. The molecule has 0 aliphatic carbocycles. The van der Waals surface area contributed by atoms with Crippen LogP contribution in [0.3, 0.4) is 0 Å². The molecule has 0 spiro atoms. The van der Waals surface area contributed by atoms with Crippen molar-refractivity contribution in [1.29, 1.82) is 0 Å². The van der Waals surface area contributed by atoms with Crippen molar-refractivity contribution in [3.8, 4) is 0 Å². The van der Waals surface area contributed by atoms with Gasteiger partial charge in [0.15, 0.2) is 0 Å². The second kappa shape index (κ2) is 5.42. The fourth-order valence-electron chi connectivity index (χ4n) is 1.82. The number of nitrogens with zero attached hydrogens (tertiary/aromatic N) is 2. The average Bonchev–Trinajstić information content (AvgIpc) is 2.69. The number of pyridine rings is 1. The maximum absolute atomic E-state index is 11.1. The number of hydrogen-bond acceptors (Lipinski definition) is 3. The summed E-state index contributed by atoms with van der Waals surface area (Å²) in [6.45, 7) is 2.80. The molecule has 17 heavy (non-hydrogen) atoms. The minimum absolute atomic E-state index is 0.250. The van der Waals surface area contributed by atoms with Crippen LogP contribution in [0.1, 0.15) is 12.5 Å². The predicted octanol–water partition coefficient (Wildman–Crippen LogP) is 1.19. The third kappa shape index (κ3) is 3.14. The van der Waals surface area contributed by atoms with Crippen molar-refractivity contribution in [3.05, 3.63) is 36.2 Å². The fraction of sp³-hybridized carbons (Fsp3) is 0.417. The predicted molar refractivity (Wildman–Crippen MR) is 70.4 cm³/mol. The van der Waals surface area contributed by atoms with Gasteiger partial charge in [-0.1, -0.05) is 6.07 Å². The second-order valence-electron chi connectivity index (χ2n) is 4.22. The van der Waals surface area contributed by atoms with Crippen molar-refractivity contribution >= 4 is 16.3 Å². The van der Waals surface area contributed by atoms with E-state index in [2.05, 4.69) is 10.4 Å². The van der Waals surface area contributed by atoms with Crippen molar-refractivity contribution in [3.63, 3.8) is 0 Å². The van der Waals surface area contributed by atoms with Crippen LogP contribution in [-0.2, 0) is 17.3 Å². The van der Waals surface area contributed by atoms with Gasteiger partial charge in [0.2, 0.25) is 0 Å². The topological polar surface area (TPSA) is 46.4 Å². The van der Waals surface area contributed by atoms with Gasteiger partial charge in [0.25, 0.3) is 0 Å². The molecule has 2 rings (SSSR count). The molecule has 2 aromatic heterocycles. The van der Waals surface area contributed by atoms with Crippen LogP contribution in [-0.4, -0.2) is 31.9 Å². The van der Waals surface area contributed by atoms with E-state index in [1.54, 1.807) is 6.26 Å². The quantitative estimate of drug-likeness (QED) is 0.868. The molecule has 2 heterocycles. The Bertz CT molecular complexity index is 523. The Kier molecular flexibility index (Phi) is 3.91. The fourth-order valence-corrected chi connectivity index (χ4v) is 2.64. The normalized spacial score (nSPS) is 14.9. The molecule has 0 aliphatic rings. The molecule has 0 aromatic carbocycles. The highest BCUT2D eigenvalue weighted by Crippen LogP contribution is 2.09. The molecule has 2 aromatic rings. The van der Waals surface area contributed by atoms with Crippen LogP contribution in [0.15, 0.2) is 30.6 Å². The lowest BCUT2D eigenvalue weighted by atomic mass is 10.2. The van der Waals surface area contributed by atoms with Gasteiger partial charge >= 0.3 is 0 Å². The van der Waals surface area contributed by atoms with Crippen LogP contribution in [0.5, 0.6) is 0 Å². The van der Waals surface area contributed by atoms with E-state index in [-0.39, 0.29) is 6.04 Å². The molecule has 0 saturated heterocycles. The van der Waals surface area contributed by atoms with Crippen LogP contribution in [0.4, 0.5) is 0 Å². The third-order valence-corrected chi connectivity index (χ3v) is 3.60. The number of aromatic nitrogens is 2. The molecule has 2 unspecified atom stereocenters. The molecular formula is C12H17N3OS. The lowest BCUT2D eigenvalue weighted by Gasteiger charge is -2.11. The van der Waals surface area contributed by atoms with E-state index in [0.29, 0.717) is 5.75 Å². The van der Waals surface area contributed by atoms with Crippen LogP contribution in [0.2, 0.25) is 0 Å². The molecule has 1 N–H and O–H groups in total. The zero-order valence-electron chi connectivity index (χ0n) is 10.1. The van der Waals surface area contributed by atoms with Gasteiger partial charge in [0, 0.05) is 47.2 Å². The van der Waals surface area contributed by atoms with Crippen molar-refractivity contribution in [1.82, 2.24) is 14.9 Å². The first-order valence-electron chi connectivity index (χ1n) is 5.61. The number of rotatable bonds is 5. The highest BCUT2D eigenvalue weighted by molar-refractivity contribution is 7.84. The Morgan fingerprint density at radius 3 is 3.12 bits per heavy atom. The molecule has 5 heteroatoms. The van der Waals surface area contributed by atoms with Gasteiger partial charge in [-0.05, 0) is 19.1 Å². The van der Waals surface area contributed by atoms with Crippen molar-refractivity contribution in [2.24, 2.45) is 0 Å². The third-order valence-electron chi connectivity index (χ3n) is 2.63. The van der Waals surface area contributed by atoms with Gasteiger partial charge in [0.05, 0.1) is 11.7 Å². The van der Waals surface area contributed by atoms with E-state index in [9.17, 15) is 4.21 Å². The van der Waals surface area contributed by atoms with Gasteiger partial charge in [0.1, 0.15) is 0 Å². The zero-order chi connectivity index (χ0) is 12.3. The molecule has 0 radical (unpaired) electrons. The molecule has 0 saturated carbocycles. The highest BCUT2D eigenvalue weighted by Gasteiger charge is 2.06. The molecule has 0 bridgehead atoms. The van der Waals surface area contributed by atoms with Crippen molar-refractivity contribution in [2.75, 3.05) is 12.0 Å². The SMILES string of the molecule is CC(CS(C)=O)NCc1cnn2ccccc12. The zero-order valence-corrected chi connectivity index (χ0v) is 10.9. The first-order chi connectivity index (χ1) is 8.16. The van der Waals surface area contributed by atoms with Crippen LogP contribution in [0.25, 0.3) is 5.52 Å². The lowest BCUT2D eigenvalue weighted by Crippen LogP contribution is -2.30. The molecule has 92 valence electrons. The average molecular weight is 251 g/mol. The first-order valence-corrected chi connectivity index (χ1v) is 7.34. The van der Waals surface area contributed by atoms with Gasteiger partial charge in [-0.15, -0.1) is 0 Å². The Balaban J connectivity index is 2.02. The lowest BCUT2D eigenvalue weighted by molar-refractivity contribution is 0.589. The van der Waals surface area contributed by atoms with Gasteiger partial charge in [-0.25, -0.2) is 4.52 Å².